The number of aryl methyl sites for hydroxylation is 1. The van der Waals surface area contributed by atoms with Gasteiger partial charge in [0.05, 0.1) is 5.52 Å². The minimum absolute atomic E-state index is 0. The first kappa shape index (κ1) is 25.6. The first-order chi connectivity index (χ1) is 17.8. The minimum Gasteiger partial charge on any atom is -0.444 e. The van der Waals surface area contributed by atoms with E-state index in [0.717, 1.165) is 48.5 Å². The van der Waals surface area contributed by atoms with E-state index in [9.17, 15) is 4.79 Å². The van der Waals surface area contributed by atoms with Crippen LogP contribution in [0.5, 0.6) is 0 Å². The van der Waals surface area contributed by atoms with Crippen molar-refractivity contribution in [2.75, 3.05) is 31.1 Å². The molecule has 37 heavy (non-hydrogen) atoms. The van der Waals surface area contributed by atoms with Crippen LogP contribution in [0.4, 0.5) is 10.5 Å². The smallest absolute Gasteiger partial charge is 0.410 e. The van der Waals surface area contributed by atoms with Crippen molar-refractivity contribution >= 4 is 22.7 Å². The monoisotopic (exact) mass is 507 g/mol. The number of nitrogens with zero attached hydrogens (tertiary/aromatic N) is 5. The first-order valence-corrected chi connectivity index (χ1v) is 13.9. The van der Waals surface area contributed by atoms with Gasteiger partial charge in [-0.15, -0.1) is 0 Å². The van der Waals surface area contributed by atoms with Crippen LogP contribution in [-0.4, -0.2) is 57.3 Å². The van der Waals surface area contributed by atoms with Crippen molar-refractivity contribution in [2.45, 2.75) is 71.8 Å². The molecule has 7 heteroatoms. The molecule has 0 unspecified atom stereocenters. The summed E-state index contributed by atoms with van der Waals surface area (Å²) in [6.45, 7) is 11.0. The summed E-state index contributed by atoms with van der Waals surface area (Å²) in [4.78, 5) is 26.2. The molecule has 3 heterocycles. The Morgan fingerprint density at radius 2 is 1.81 bits per heavy atom. The Morgan fingerprint density at radius 3 is 2.54 bits per heavy atom. The standard InChI is InChI=1S/C30H41N5O2.2H2/c1-22-8-10-23(11-9-22)12-13-27-31-16-14-28(32-27)35-17-15-24-25(6-5-7-26(24)35)33-18-20-34(21-19-33)29(36)37-30(2,3)4;;/h5-7,14-17,22-23H,8-13,18-21H2,1-4H3;2*1H. The third-order valence-corrected chi connectivity index (χ3v) is 7.83. The molecule has 7 nitrogen and oxygen atoms in total. The van der Waals surface area contributed by atoms with Gasteiger partial charge in [0, 0.05) is 58.9 Å². The number of anilines is 1. The molecule has 3 aromatic rings. The van der Waals surface area contributed by atoms with Gasteiger partial charge in [-0.1, -0.05) is 38.7 Å². The van der Waals surface area contributed by atoms with E-state index < -0.39 is 5.60 Å². The highest BCUT2D eigenvalue weighted by Crippen LogP contribution is 2.32. The molecule has 1 saturated heterocycles. The summed E-state index contributed by atoms with van der Waals surface area (Å²) >= 11 is 0. The fraction of sp³-hybridized carbons (Fsp3) is 0.567. The molecule has 1 aliphatic heterocycles. The van der Waals surface area contributed by atoms with Gasteiger partial charge in [-0.25, -0.2) is 14.8 Å². The molecule has 0 radical (unpaired) electrons. The fourth-order valence-corrected chi connectivity index (χ4v) is 5.68. The van der Waals surface area contributed by atoms with Crippen LogP contribution in [-0.2, 0) is 11.2 Å². The lowest BCUT2D eigenvalue weighted by Crippen LogP contribution is -2.50. The number of piperazine rings is 1. The highest BCUT2D eigenvalue weighted by molar-refractivity contribution is 5.94. The molecule has 0 spiro atoms. The largest absolute Gasteiger partial charge is 0.444 e. The van der Waals surface area contributed by atoms with E-state index >= 15 is 0 Å². The lowest BCUT2D eigenvalue weighted by Gasteiger charge is -2.37. The van der Waals surface area contributed by atoms with E-state index in [4.69, 9.17) is 9.72 Å². The van der Waals surface area contributed by atoms with Crippen molar-refractivity contribution in [1.82, 2.24) is 19.4 Å². The third-order valence-electron chi connectivity index (χ3n) is 7.83. The maximum absolute atomic E-state index is 12.5. The quantitative estimate of drug-likeness (QED) is 0.383. The molecule has 0 bridgehead atoms. The second-order valence-corrected chi connectivity index (χ2v) is 11.8. The molecule has 5 rings (SSSR count). The average Bonchev–Trinajstić information content (AvgIpc) is 3.32. The van der Waals surface area contributed by atoms with Crippen LogP contribution in [0.1, 0.15) is 68.5 Å². The number of fused-ring (bicyclic) bond motifs is 1. The highest BCUT2D eigenvalue weighted by Gasteiger charge is 2.27. The zero-order chi connectivity index (χ0) is 26.0. The van der Waals surface area contributed by atoms with Gasteiger partial charge in [-0.3, -0.25) is 0 Å². The number of rotatable bonds is 5. The normalized spacial score (nSPS) is 20.9. The molecule has 1 aromatic carbocycles. The van der Waals surface area contributed by atoms with Gasteiger partial charge >= 0.3 is 6.09 Å². The van der Waals surface area contributed by atoms with Gasteiger partial charge in [-0.2, -0.15) is 0 Å². The van der Waals surface area contributed by atoms with Crippen molar-refractivity contribution < 1.29 is 12.4 Å². The van der Waals surface area contributed by atoms with Crippen LogP contribution in [0.3, 0.4) is 0 Å². The highest BCUT2D eigenvalue weighted by atomic mass is 16.6. The number of benzene rings is 1. The van der Waals surface area contributed by atoms with Crippen molar-refractivity contribution in [3.05, 3.63) is 48.5 Å². The van der Waals surface area contributed by atoms with Crippen LogP contribution in [0.25, 0.3) is 16.7 Å². The molecule has 2 aromatic heterocycles. The summed E-state index contributed by atoms with van der Waals surface area (Å²) in [5.41, 5.74) is 1.86. The van der Waals surface area contributed by atoms with Crippen LogP contribution in [0, 0.1) is 11.8 Å². The number of ether oxygens (including phenoxy) is 1. The molecule has 1 aliphatic carbocycles. The van der Waals surface area contributed by atoms with Crippen molar-refractivity contribution in [1.29, 1.82) is 0 Å². The number of hydrogen-bond acceptors (Lipinski definition) is 5. The molecule has 1 saturated carbocycles. The molecular formula is C30H45N5O2. The first-order valence-electron chi connectivity index (χ1n) is 13.9. The fourth-order valence-electron chi connectivity index (χ4n) is 5.68. The van der Waals surface area contributed by atoms with E-state index in [2.05, 4.69) is 51.8 Å². The van der Waals surface area contributed by atoms with E-state index in [0.29, 0.717) is 13.1 Å². The van der Waals surface area contributed by atoms with E-state index in [-0.39, 0.29) is 8.95 Å². The van der Waals surface area contributed by atoms with Crippen molar-refractivity contribution in [3.8, 4) is 5.82 Å². The Morgan fingerprint density at radius 1 is 1.05 bits per heavy atom. The summed E-state index contributed by atoms with van der Waals surface area (Å²) < 4.78 is 7.73. The van der Waals surface area contributed by atoms with Crippen molar-refractivity contribution in [2.24, 2.45) is 11.8 Å². The number of aromatic nitrogens is 3. The molecule has 2 fully saturated rings. The zero-order valence-corrected chi connectivity index (χ0v) is 22.8. The van der Waals surface area contributed by atoms with Gasteiger partial charge in [0.15, 0.2) is 0 Å². The SMILES string of the molecule is CC1CCC(CCc2nccc(-n3ccc4c(N5CCN(C(=O)OC(C)(C)C)CC5)cccc43)n2)CC1.[HH].[HH]. The Balaban J connectivity index is 0.00000210. The molecule has 2 aliphatic rings. The van der Waals surface area contributed by atoms with Gasteiger partial charge in [-0.05, 0) is 63.3 Å². The number of carbonyl (C=O) groups excluding carboxylic acids is 1. The van der Waals surface area contributed by atoms with E-state index in [1.54, 1.807) is 0 Å². The molecular weight excluding hydrogens is 462 g/mol. The van der Waals surface area contributed by atoms with Gasteiger partial charge < -0.3 is 19.1 Å². The number of hydrogen-bond donors (Lipinski definition) is 0. The van der Waals surface area contributed by atoms with Crippen LogP contribution in [0.2, 0.25) is 0 Å². The summed E-state index contributed by atoms with van der Waals surface area (Å²) in [6, 6.07) is 10.6. The zero-order valence-electron chi connectivity index (χ0n) is 22.8. The van der Waals surface area contributed by atoms with Crippen LogP contribution >= 0.6 is 0 Å². The van der Waals surface area contributed by atoms with Gasteiger partial charge in [0.1, 0.15) is 17.2 Å². The second kappa shape index (κ2) is 10.7. The molecule has 0 N–H and O–H groups in total. The Hall–Kier alpha value is -3.09. The summed E-state index contributed by atoms with van der Waals surface area (Å²) in [6.07, 6.45) is 11.3. The summed E-state index contributed by atoms with van der Waals surface area (Å²) in [7, 11) is 0. The lowest BCUT2D eigenvalue weighted by atomic mass is 9.81. The summed E-state index contributed by atoms with van der Waals surface area (Å²) in [5.74, 6) is 3.56. The van der Waals surface area contributed by atoms with Gasteiger partial charge in [0.2, 0.25) is 0 Å². The van der Waals surface area contributed by atoms with Crippen molar-refractivity contribution in [3.63, 3.8) is 0 Å². The predicted octanol–water partition coefficient (Wildman–Crippen LogP) is 6.73. The van der Waals surface area contributed by atoms with Gasteiger partial charge in [0.25, 0.3) is 0 Å². The molecule has 0 atom stereocenters. The summed E-state index contributed by atoms with van der Waals surface area (Å²) in [5, 5.41) is 1.20. The number of carbonyl (C=O) groups is 1. The Labute approximate surface area is 223 Å². The number of amides is 1. The molecule has 202 valence electrons. The Kier molecular flexibility index (Phi) is 7.40. The third kappa shape index (κ3) is 6.08. The van der Waals surface area contributed by atoms with E-state index in [1.165, 1.54) is 43.2 Å². The lowest BCUT2D eigenvalue weighted by molar-refractivity contribution is 0.0240. The maximum Gasteiger partial charge on any atom is 0.410 e. The predicted molar refractivity (Wildman–Crippen MR) is 153 cm³/mol. The van der Waals surface area contributed by atoms with Crippen LogP contribution in [0.15, 0.2) is 42.7 Å². The average molecular weight is 508 g/mol. The topological polar surface area (TPSA) is 63.5 Å². The maximum atomic E-state index is 12.5. The van der Waals surface area contributed by atoms with Crippen LogP contribution < -0.4 is 4.90 Å². The van der Waals surface area contributed by atoms with E-state index in [1.807, 2.05) is 37.9 Å². The minimum atomic E-state index is -0.474. The molecule has 1 amide bonds. The second-order valence-electron chi connectivity index (χ2n) is 11.8. The Bertz CT molecular complexity index is 1230.